The highest BCUT2D eigenvalue weighted by Gasteiger charge is 2.50. The summed E-state index contributed by atoms with van der Waals surface area (Å²) in [5.74, 6) is 0.584. The van der Waals surface area contributed by atoms with Crippen LogP contribution in [0, 0.1) is 5.92 Å². The maximum Gasteiger partial charge on any atom is 0.223 e. The fourth-order valence-electron chi connectivity index (χ4n) is 4.43. The van der Waals surface area contributed by atoms with E-state index in [-0.39, 0.29) is 35.5 Å². The molecule has 1 amide bonds. The molecular formula is C22H23NO3. The van der Waals surface area contributed by atoms with Gasteiger partial charge in [0.15, 0.2) is 5.78 Å². The number of fused-ring (bicyclic) bond motifs is 3. The predicted octanol–water partition coefficient (Wildman–Crippen LogP) is 3.76. The third-order valence-corrected chi connectivity index (χ3v) is 5.70. The molecule has 2 aliphatic heterocycles. The Hall–Kier alpha value is -2.62. The first-order valence-corrected chi connectivity index (χ1v) is 8.99. The number of rotatable bonds is 3. The monoisotopic (exact) mass is 349 g/mol. The average Bonchev–Trinajstić information content (AvgIpc) is 2.97. The number of ether oxygens (including phenoxy) is 1. The van der Waals surface area contributed by atoms with Crippen molar-refractivity contribution in [2.75, 3.05) is 13.7 Å². The van der Waals surface area contributed by atoms with E-state index in [1.54, 1.807) is 7.11 Å². The molecule has 0 N–H and O–H groups in total. The van der Waals surface area contributed by atoms with Crippen LogP contribution in [0.4, 0.5) is 0 Å². The number of carbonyl (C=O) groups is 2. The van der Waals surface area contributed by atoms with E-state index < -0.39 is 0 Å². The Morgan fingerprint density at radius 3 is 2.58 bits per heavy atom. The van der Waals surface area contributed by atoms with Crippen molar-refractivity contribution in [3.8, 4) is 5.75 Å². The Morgan fingerprint density at radius 2 is 1.88 bits per heavy atom. The molecule has 0 unspecified atom stereocenters. The van der Waals surface area contributed by atoms with E-state index in [4.69, 9.17) is 4.74 Å². The number of hydrogen-bond donors (Lipinski definition) is 0. The normalized spacial score (nSPS) is 23.3. The van der Waals surface area contributed by atoms with Crippen LogP contribution in [0.3, 0.4) is 0 Å². The second-order valence-corrected chi connectivity index (χ2v) is 7.84. The Labute approximate surface area is 153 Å². The lowest BCUT2D eigenvalue weighted by Gasteiger charge is -2.43. The van der Waals surface area contributed by atoms with Gasteiger partial charge in [-0.15, -0.1) is 0 Å². The van der Waals surface area contributed by atoms with Crippen LogP contribution in [0.2, 0.25) is 0 Å². The summed E-state index contributed by atoms with van der Waals surface area (Å²) in [7, 11) is 1.66. The number of amides is 1. The van der Waals surface area contributed by atoms with E-state index in [1.807, 2.05) is 47.4 Å². The topological polar surface area (TPSA) is 46.6 Å². The summed E-state index contributed by atoms with van der Waals surface area (Å²) in [6.07, 6.45) is 0.278. The number of nitrogens with zero attached hydrogens (tertiary/aromatic N) is 1. The first-order chi connectivity index (χ1) is 12.4. The van der Waals surface area contributed by atoms with Crippen molar-refractivity contribution in [3.63, 3.8) is 0 Å². The van der Waals surface area contributed by atoms with Crippen LogP contribution in [0.5, 0.6) is 5.75 Å². The van der Waals surface area contributed by atoms with Crippen LogP contribution in [0.1, 0.15) is 47.8 Å². The lowest BCUT2D eigenvalue weighted by Crippen LogP contribution is -2.45. The minimum Gasteiger partial charge on any atom is -0.497 e. The molecule has 0 aromatic heterocycles. The van der Waals surface area contributed by atoms with Crippen LogP contribution in [-0.2, 0) is 10.2 Å². The van der Waals surface area contributed by atoms with Gasteiger partial charge in [-0.2, -0.15) is 0 Å². The van der Waals surface area contributed by atoms with Gasteiger partial charge in [-0.1, -0.05) is 50.2 Å². The van der Waals surface area contributed by atoms with Crippen LogP contribution in [0.15, 0.2) is 48.5 Å². The van der Waals surface area contributed by atoms with Crippen molar-refractivity contribution in [1.82, 2.24) is 4.90 Å². The molecule has 2 atom stereocenters. The Balaban J connectivity index is 1.81. The second-order valence-electron chi connectivity index (χ2n) is 7.84. The van der Waals surface area contributed by atoms with E-state index in [1.165, 1.54) is 5.56 Å². The zero-order valence-corrected chi connectivity index (χ0v) is 15.4. The molecule has 1 saturated heterocycles. The average molecular weight is 349 g/mol. The molecule has 0 bridgehead atoms. The van der Waals surface area contributed by atoms with Gasteiger partial charge >= 0.3 is 0 Å². The highest BCUT2D eigenvalue weighted by atomic mass is 16.5. The van der Waals surface area contributed by atoms with Gasteiger partial charge in [0.05, 0.1) is 19.1 Å². The lowest BCUT2D eigenvalue weighted by atomic mass is 9.73. The summed E-state index contributed by atoms with van der Waals surface area (Å²) in [6.45, 7) is 4.90. The zero-order chi connectivity index (χ0) is 18.5. The van der Waals surface area contributed by atoms with E-state index in [9.17, 15) is 9.59 Å². The molecule has 2 aromatic carbocycles. The highest BCUT2D eigenvalue weighted by molar-refractivity contribution is 6.02. The van der Waals surface area contributed by atoms with E-state index in [0.29, 0.717) is 12.1 Å². The van der Waals surface area contributed by atoms with Gasteiger partial charge in [-0.05, 0) is 23.3 Å². The number of methoxy groups -OCH3 is 1. The van der Waals surface area contributed by atoms with E-state index >= 15 is 0 Å². The molecule has 4 nitrogen and oxygen atoms in total. The van der Waals surface area contributed by atoms with Crippen molar-refractivity contribution in [1.29, 1.82) is 0 Å². The summed E-state index contributed by atoms with van der Waals surface area (Å²) in [4.78, 5) is 27.8. The first kappa shape index (κ1) is 16.8. The molecule has 0 aliphatic carbocycles. The van der Waals surface area contributed by atoms with Crippen LogP contribution >= 0.6 is 0 Å². The molecule has 1 fully saturated rings. The van der Waals surface area contributed by atoms with Crippen LogP contribution < -0.4 is 4.74 Å². The number of benzene rings is 2. The molecule has 2 aromatic rings. The standard InChI is InChI=1S/C22H23NO3/c1-22(2)13-23-19(24)12-17(21(25)14-7-5-4-6-8-14)20(23)16-10-9-15(26-3)11-18(16)22/h4-11,17,20H,12-13H2,1-3H3/t17-,20+/m0/s1. The number of carbonyl (C=O) groups excluding carboxylic acids is 2. The maximum atomic E-state index is 13.1. The number of hydrogen-bond acceptors (Lipinski definition) is 3. The van der Waals surface area contributed by atoms with Crippen LogP contribution in [0.25, 0.3) is 0 Å². The third-order valence-electron chi connectivity index (χ3n) is 5.70. The van der Waals surface area contributed by atoms with Crippen molar-refractivity contribution >= 4 is 11.7 Å². The Morgan fingerprint density at radius 1 is 1.15 bits per heavy atom. The van der Waals surface area contributed by atoms with Gasteiger partial charge in [0.25, 0.3) is 0 Å². The molecule has 2 heterocycles. The third kappa shape index (κ3) is 2.52. The number of ketones is 1. The summed E-state index contributed by atoms with van der Waals surface area (Å²) in [5.41, 5.74) is 2.73. The minimum atomic E-state index is -0.340. The molecule has 4 rings (SSSR count). The van der Waals surface area contributed by atoms with Crippen molar-refractivity contribution in [2.45, 2.75) is 31.7 Å². The molecule has 2 aliphatic rings. The van der Waals surface area contributed by atoms with Crippen molar-refractivity contribution in [2.24, 2.45) is 5.92 Å². The first-order valence-electron chi connectivity index (χ1n) is 8.99. The Kier molecular flexibility index (Phi) is 3.87. The van der Waals surface area contributed by atoms with Gasteiger partial charge in [-0.3, -0.25) is 9.59 Å². The van der Waals surface area contributed by atoms with Crippen molar-refractivity contribution in [3.05, 3.63) is 65.2 Å². The van der Waals surface area contributed by atoms with Crippen molar-refractivity contribution < 1.29 is 14.3 Å². The van der Waals surface area contributed by atoms with E-state index in [0.717, 1.165) is 11.3 Å². The summed E-state index contributed by atoms with van der Waals surface area (Å²) in [6, 6.07) is 15.1. The predicted molar refractivity (Wildman–Crippen MR) is 99.4 cm³/mol. The number of Topliss-reactive ketones (excluding diaryl/α,β-unsaturated/α-hetero) is 1. The minimum absolute atomic E-state index is 0.0490. The fraction of sp³-hybridized carbons (Fsp3) is 0.364. The summed E-state index contributed by atoms with van der Waals surface area (Å²) >= 11 is 0. The largest absolute Gasteiger partial charge is 0.497 e. The Bertz CT molecular complexity index is 872. The van der Waals surface area contributed by atoms with Crippen LogP contribution in [-0.4, -0.2) is 30.2 Å². The zero-order valence-electron chi connectivity index (χ0n) is 15.4. The fourth-order valence-corrected chi connectivity index (χ4v) is 4.43. The van der Waals surface area contributed by atoms with Gasteiger partial charge in [0.1, 0.15) is 5.75 Å². The highest BCUT2D eigenvalue weighted by Crippen LogP contribution is 2.49. The summed E-state index contributed by atoms with van der Waals surface area (Å²) in [5, 5.41) is 0. The lowest BCUT2D eigenvalue weighted by molar-refractivity contribution is -0.130. The molecule has 4 heteroatoms. The molecule has 0 radical (unpaired) electrons. The molecule has 0 spiro atoms. The SMILES string of the molecule is COc1ccc2c(c1)C(C)(C)CN1C(=O)C[C@H](C(=O)c3ccccc3)[C@@H]21. The summed E-state index contributed by atoms with van der Waals surface area (Å²) < 4.78 is 5.40. The molecule has 26 heavy (non-hydrogen) atoms. The quantitative estimate of drug-likeness (QED) is 0.793. The smallest absolute Gasteiger partial charge is 0.223 e. The molecular weight excluding hydrogens is 326 g/mol. The van der Waals surface area contributed by atoms with Gasteiger partial charge in [-0.25, -0.2) is 0 Å². The van der Waals surface area contributed by atoms with E-state index in [2.05, 4.69) is 19.9 Å². The van der Waals surface area contributed by atoms with Gasteiger partial charge < -0.3 is 9.64 Å². The second kappa shape index (κ2) is 5.97. The van der Waals surface area contributed by atoms with Gasteiger partial charge in [0.2, 0.25) is 5.91 Å². The van der Waals surface area contributed by atoms with Gasteiger partial charge in [0, 0.05) is 23.9 Å². The maximum absolute atomic E-state index is 13.1. The molecule has 134 valence electrons. The molecule has 0 saturated carbocycles.